The molecule has 2 heteroatoms. The Morgan fingerprint density at radius 1 is 0.571 bits per heavy atom. The number of benzene rings is 6. The van der Waals surface area contributed by atoms with Crippen molar-refractivity contribution in [1.29, 1.82) is 0 Å². The summed E-state index contributed by atoms with van der Waals surface area (Å²) in [5, 5.41) is 4.97. The number of para-hydroxylation sites is 1. The van der Waals surface area contributed by atoms with Gasteiger partial charge < -0.3 is 9.80 Å². The molecule has 0 atom stereocenters. The van der Waals surface area contributed by atoms with Crippen LogP contribution in [0.1, 0.15) is 12.5 Å². The van der Waals surface area contributed by atoms with Crippen molar-refractivity contribution >= 4 is 55.6 Å². The van der Waals surface area contributed by atoms with E-state index in [9.17, 15) is 0 Å². The highest BCUT2D eigenvalue weighted by atomic mass is 15.1. The molecule has 6 aromatic rings. The van der Waals surface area contributed by atoms with Crippen molar-refractivity contribution in [3.63, 3.8) is 0 Å². The summed E-state index contributed by atoms with van der Waals surface area (Å²) in [7, 11) is 2.16. The summed E-state index contributed by atoms with van der Waals surface area (Å²) in [6, 6.07) is 47.5. The van der Waals surface area contributed by atoms with E-state index in [1.54, 1.807) is 0 Å². The highest BCUT2D eigenvalue weighted by Crippen LogP contribution is 2.40. The van der Waals surface area contributed by atoms with Crippen molar-refractivity contribution in [3.05, 3.63) is 170 Å². The van der Waals surface area contributed by atoms with E-state index in [1.165, 1.54) is 27.2 Å². The number of hydrogen-bond acceptors (Lipinski definition) is 2. The highest BCUT2D eigenvalue weighted by Gasteiger charge is 2.16. The summed E-state index contributed by atoms with van der Waals surface area (Å²) in [6.45, 7) is 6.31. The Balaban J connectivity index is 1.40. The summed E-state index contributed by atoms with van der Waals surface area (Å²) < 4.78 is 0. The van der Waals surface area contributed by atoms with Crippen LogP contribution in [0.25, 0.3) is 27.1 Å². The average molecular weight is 543 g/mol. The van der Waals surface area contributed by atoms with E-state index in [0.29, 0.717) is 0 Å². The van der Waals surface area contributed by atoms with Crippen molar-refractivity contribution in [2.75, 3.05) is 16.8 Å². The molecule has 0 heterocycles. The Kier molecular flexibility index (Phi) is 7.70. The molecule has 0 aliphatic heterocycles. The molecule has 6 rings (SSSR count). The van der Waals surface area contributed by atoms with E-state index < -0.39 is 0 Å². The third-order valence-corrected chi connectivity index (χ3v) is 7.66. The lowest BCUT2D eigenvalue weighted by atomic mass is 10.00. The topological polar surface area (TPSA) is 6.48 Å². The number of rotatable bonds is 8. The van der Waals surface area contributed by atoms with E-state index in [-0.39, 0.29) is 0 Å². The van der Waals surface area contributed by atoms with Crippen LogP contribution in [0.15, 0.2) is 164 Å². The molecule has 0 radical (unpaired) electrons. The van der Waals surface area contributed by atoms with Gasteiger partial charge in [0.2, 0.25) is 0 Å². The molecule has 204 valence electrons. The Labute approximate surface area is 248 Å². The van der Waals surface area contributed by atoms with Crippen LogP contribution in [-0.2, 0) is 0 Å². The molecule has 0 unspecified atom stereocenters. The largest absolute Gasteiger partial charge is 0.344 e. The second-order valence-electron chi connectivity index (χ2n) is 10.4. The zero-order valence-electron chi connectivity index (χ0n) is 24.1. The van der Waals surface area contributed by atoms with Crippen LogP contribution in [-0.4, -0.2) is 7.05 Å². The van der Waals surface area contributed by atoms with Gasteiger partial charge in [-0.25, -0.2) is 0 Å². The van der Waals surface area contributed by atoms with Gasteiger partial charge in [0.25, 0.3) is 0 Å². The van der Waals surface area contributed by atoms with Gasteiger partial charge in [-0.1, -0.05) is 110 Å². The molecule has 0 N–H and O–H groups in total. The molecule has 0 bridgehead atoms. The van der Waals surface area contributed by atoms with E-state index in [1.807, 2.05) is 31.2 Å². The summed E-state index contributed by atoms with van der Waals surface area (Å²) in [5.74, 6) is 0. The van der Waals surface area contributed by atoms with Crippen molar-refractivity contribution in [1.82, 2.24) is 0 Å². The minimum atomic E-state index is 0.974. The Bertz CT molecular complexity index is 1860. The molecule has 0 saturated carbocycles. The highest BCUT2D eigenvalue weighted by molar-refractivity contribution is 6.12. The minimum Gasteiger partial charge on any atom is -0.344 e. The smallest absolute Gasteiger partial charge is 0.0567 e. The van der Waals surface area contributed by atoms with E-state index in [0.717, 1.165) is 33.9 Å². The summed E-state index contributed by atoms with van der Waals surface area (Å²) in [5.41, 5.74) is 7.69. The van der Waals surface area contributed by atoms with Crippen LogP contribution in [0, 0.1) is 0 Å². The van der Waals surface area contributed by atoms with Crippen molar-refractivity contribution in [2.24, 2.45) is 0 Å². The maximum Gasteiger partial charge on any atom is 0.0567 e. The van der Waals surface area contributed by atoms with Gasteiger partial charge in [0, 0.05) is 40.6 Å². The summed E-state index contributed by atoms with van der Waals surface area (Å²) >= 11 is 0. The minimum absolute atomic E-state index is 0.974. The first-order valence-electron chi connectivity index (χ1n) is 14.3. The molecule has 0 fully saturated rings. The van der Waals surface area contributed by atoms with Gasteiger partial charge in [0.05, 0.1) is 5.69 Å². The van der Waals surface area contributed by atoms with E-state index in [2.05, 4.69) is 157 Å². The first kappa shape index (κ1) is 26.9. The molecule has 42 heavy (non-hydrogen) atoms. The SMILES string of the molecule is C=C(/C=C\C=C/C)c1cccc(N(c2ccccc2)c2ccc(N(C)c3c4ccccc4cc4ccccc34)cc2)c1. The third kappa shape index (κ3) is 5.35. The zero-order chi connectivity index (χ0) is 28.9. The predicted octanol–water partition coefficient (Wildman–Crippen LogP) is 11.4. The molecule has 6 aromatic carbocycles. The fraction of sp³-hybridized carbons (Fsp3) is 0.0500. The standard InChI is InChI=1S/C40H34N2/c1-4-5-7-15-30(2)31-18-14-21-37(29-31)42(35-19-8-6-9-20-35)36-26-24-34(25-27-36)41(3)40-38-22-12-10-16-32(38)28-33-17-11-13-23-39(33)40/h4-29H,2H2,1,3H3/b5-4-,15-7-. The van der Waals surface area contributed by atoms with E-state index >= 15 is 0 Å². The molecular formula is C40H34N2. The maximum absolute atomic E-state index is 4.30. The quantitative estimate of drug-likeness (QED) is 0.139. The summed E-state index contributed by atoms with van der Waals surface area (Å²) in [6.07, 6.45) is 8.11. The molecule has 0 amide bonds. The fourth-order valence-electron chi connectivity index (χ4n) is 5.55. The Morgan fingerprint density at radius 3 is 1.81 bits per heavy atom. The van der Waals surface area contributed by atoms with Crippen LogP contribution in [0.3, 0.4) is 0 Å². The van der Waals surface area contributed by atoms with Crippen LogP contribution >= 0.6 is 0 Å². The predicted molar refractivity (Wildman–Crippen MR) is 184 cm³/mol. The second kappa shape index (κ2) is 12.0. The molecule has 2 nitrogen and oxygen atoms in total. The van der Waals surface area contributed by atoms with Gasteiger partial charge in [-0.3, -0.25) is 0 Å². The zero-order valence-corrected chi connectivity index (χ0v) is 24.1. The third-order valence-electron chi connectivity index (χ3n) is 7.66. The Morgan fingerprint density at radius 2 is 1.14 bits per heavy atom. The molecule has 0 aliphatic carbocycles. The molecule has 0 aliphatic rings. The van der Waals surface area contributed by atoms with Crippen LogP contribution < -0.4 is 9.80 Å². The number of hydrogen-bond donors (Lipinski definition) is 0. The van der Waals surface area contributed by atoms with Crippen molar-refractivity contribution in [2.45, 2.75) is 6.92 Å². The van der Waals surface area contributed by atoms with Gasteiger partial charge in [0.15, 0.2) is 0 Å². The van der Waals surface area contributed by atoms with Crippen molar-refractivity contribution in [3.8, 4) is 0 Å². The lowest BCUT2D eigenvalue weighted by Crippen LogP contribution is -2.12. The van der Waals surface area contributed by atoms with Crippen LogP contribution in [0.2, 0.25) is 0 Å². The lowest BCUT2D eigenvalue weighted by Gasteiger charge is -2.28. The summed E-state index contributed by atoms with van der Waals surface area (Å²) in [4.78, 5) is 4.60. The van der Waals surface area contributed by atoms with Gasteiger partial charge in [-0.2, -0.15) is 0 Å². The van der Waals surface area contributed by atoms with Gasteiger partial charge >= 0.3 is 0 Å². The molecule has 0 saturated heterocycles. The van der Waals surface area contributed by atoms with Crippen LogP contribution in [0.4, 0.5) is 28.4 Å². The first-order valence-corrected chi connectivity index (χ1v) is 14.3. The monoisotopic (exact) mass is 542 g/mol. The number of allylic oxidation sites excluding steroid dienone is 5. The maximum atomic E-state index is 4.30. The van der Waals surface area contributed by atoms with E-state index in [4.69, 9.17) is 0 Å². The number of nitrogens with zero attached hydrogens (tertiary/aromatic N) is 2. The number of fused-ring (bicyclic) bond motifs is 2. The van der Waals surface area contributed by atoms with Gasteiger partial charge in [-0.15, -0.1) is 0 Å². The normalized spacial score (nSPS) is 11.5. The van der Waals surface area contributed by atoms with Crippen molar-refractivity contribution < 1.29 is 0 Å². The van der Waals surface area contributed by atoms with Gasteiger partial charge in [-0.05, 0) is 83.4 Å². The average Bonchev–Trinajstić information content (AvgIpc) is 3.04. The first-order chi connectivity index (χ1) is 20.6. The van der Waals surface area contributed by atoms with Gasteiger partial charge in [0.1, 0.15) is 0 Å². The molecule has 0 spiro atoms. The Hall–Kier alpha value is -5.34. The lowest BCUT2D eigenvalue weighted by molar-refractivity contribution is 1.22. The molecule has 0 aromatic heterocycles. The second-order valence-corrected chi connectivity index (χ2v) is 10.4. The molecular weight excluding hydrogens is 508 g/mol. The van der Waals surface area contributed by atoms with Crippen LogP contribution in [0.5, 0.6) is 0 Å². The fourth-order valence-corrected chi connectivity index (χ4v) is 5.55. The number of anilines is 5.